The van der Waals surface area contributed by atoms with Gasteiger partial charge in [0.2, 0.25) is 0 Å². The van der Waals surface area contributed by atoms with Crippen molar-refractivity contribution in [1.82, 2.24) is 0 Å². The van der Waals surface area contributed by atoms with Crippen molar-refractivity contribution < 1.29 is 19.3 Å². The summed E-state index contributed by atoms with van der Waals surface area (Å²) in [5.74, 6) is 0.0617. The zero-order chi connectivity index (χ0) is 13.8. The fourth-order valence-electron chi connectivity index (χ4n) is 1.65. The van der Waals surface area contributed by atoms with Gasteiger partial charge in [-0.25, -0.2) is 4.39 Å². The van der Waals surface area contributed by atoms with Crippen LogP contribution in [0.3, 0.4) is 0 Å². The molecule has 4 heteroatoms. The number of ether oxygens (including phenoxy) is 1. The largest absolute Gasteiger partial charge is 0.454 e. The van der Waals surface area contributed by atoms with Crippen molar-refractivity contribution in [1.29, 1.82) is 0 Å². The van der Waals surface area contributed by atoms with Crippen molar-refractivity contribution >= 4 is 0 Å². The average Bonchev–Trinajstić information content (AvgIpc) is 2.41. The summed E-state index contributed by atoms with van der Waals surface area (Å²) in [6.45, 7) is 1.53. The maximum absolute atomic E-state index is 13.8. The number of halogens is 1. The monoisotopic (exact) mass is 262 g/mol. The van der Waals surface area contributed by atoms with Gasteiger partial charge in [0.15, 0.2) is 11.6 Å². The molecular weight excluding hydrogens is 247 g/mol. The maximum Gasteiger partial charge on any atom is 0.166 e. The number of hydrogen-bond donors (Lipinski definition) is 2. The highest BCUT2D eigenvalue weighted by Crippen LogP contribution is 2.27. The lowest BCUT2D eigenvalue weighted by Crippen LogP contribution is -1.94. The molecule has 0 fully saturated rings. The Balaban J connectivity index is 2.18. The summed E-state index contributed by atoms with van der Waals surface area (Å²) in [5.41, 5.74) is 1.26. The van der Waals surface area contributed by atoms with Gasteiger partial charge in [0.1, 0.15) is 5.75 Å². The van der Waals surface area contributed by atoms with Gasteiger partial charge in [-0.15, -0.1) is 0 Å². The van der Waals surface area contributed by atoms with Crippen LogP contribution >= 0.6 is 0 Å². The zero-order valence-corrected chi connectivity index (χ0v) is 10.5. The third kappa shape index (κ3) is 3.30. The van der Waals surface area contributed by atoms with E-state index in [9.17, 15) is 9.50 Å². The molecule has 0 aliphatic carbocycles. The molecule has 0 saturated heterocycles. The molecule has 2 aromatic carbocycles. The first kappa shape index (κ1) is 13.5. The van der Waals surface area contributed by atoms with Gasteiger partial charge in [-0.2, -0.15) is 0 Å². The van der Waals surface area contributed by atoms with Crippen molar-refractivity contribution in [3.63, 3.8) is 0 Å². The van der Waals surface area contributed by atoms with E-state index in [-0.39, 0.29) is 12.4 Å². The molecule has 0 saturated carbocycles. The van der Waals surface area contributed by atoms with Crippen LogP contribution in [0.1, 0.15) is 24.2 Å². The maximum atomic E-state index is 13.8. The number of aliphatic hydroxyl groups excluding tert-OH is 2. The van der Waals surface area contributed by atoms with E-state index in [2.05, 4.69) is 0 Å². The minimum Gasteiger partial charge on any atom is -0.454 e. The van der Waals surface area contributed by atoms with Gasteiger partial charge in [-0.05, 0) is 42.3 Å². The normalized spacial score (nSPS) is 12.2. The van der Waals surface area contributed by atoms with Gasteiger partial charge in [-0.3, -0.25) is 0 Å². The first-order valence-corrected chi connectivity index (χ1v) is 5.95. The van der Waals surface area contributed by atoms with Gasteiger partial charge in [-0.1, -0.05) is 18.2 Å². The van der Waals surface area contributed by atoms with E-state index in [0.29, 0.717) is 11.3 Å². The topological polar surface area (TPSA) is 49.7 Å². The first-order chi connectivity index (χ1) is 9.10. The molecule has 0 bridgehead atoms. The number of hydrogen-bond acceptors (Lipinski definition) is 3. The quantitative estimate of drug-likeness (QED) is 0.889. The molecule has 3 nitrogen and oxygen atoms in total. The molecule has 0 amide bonds. The van der Waals surface area contributed by atoms with E-state index in [1.54, 1.807) is 37.3 Å². The second kappa shape index (κ2) is 5.82. The molecule has 0 unspecified atom stereocenters. The van der Waals surface area contributed by atoms with Crippen LogP contribution in [0, 0.1) is 5.82 Å². The third-order valence-corrected chi connectivity index (χ3v) is 2.77. The molecule has 0 aliphatic rings. The van der Waals surface area contributed by atoms with Crippen molar-refractivity contribution in [3.8, 4) is 11.5 Å². The van der Waals surface area contributed by atoms with Crippen LogP contribution < -0.4 is 4.74 Å². The van der Waals surface area contributed by atoms with E-state index < -0.39 is 11.9 Å². The zero-order valence-electron chi connectivity index (χ0n) is 10.5. The summed E-state index contributed by atoms with van der Waals surface area (Å²) in [6.07, 6.45) is -0.715. The molecule has 0 aromatic heterocycles. The lowest BCUT2D eigenvalue weighted by Gasteiger charge is -2.10. The Hall–Kier alpha value is -1.91. The molecule has 0 heterocycles. The average molecular weight is 262 g/mol. The number of aliphatic hydroxyl groups is 2. The summed E-state index contributed by atoms with van der Waals surface area (Å²) in [4.78, 5) is 0. The molecule has 1 atom stereocenters. The van der Waals surface area contributed by atoms with Gasteiger partial charge >= 0.3 is 0 Å². The minimum atomic E-state index is -0.715. The second-order valence-electron chi connectivity index (χ2n) is 4.27. The van der Waals surface area contributed by atoms with Crippen LogP contribution in [0.25, 0.3) is 0 Å². The summed E-state index contributed by atoms with van der Waals surface area (Å²) < 4.78 is 19.2. The molecule has 2 aromatic rings. The fourth-order valence-corrected chi connectivity index (χ4v) is 1.65. The fraction of sp³-hybridized carbons (Fsp3) is 0.200. The Kier molecular flexibility index (Phi) is 4.14. The highest BCUT2D eigenvalue weighted by Gasteiger charge is 2.08. The Morgan fingerprint density at radius 1 is 1.16 bits per heavy atom. The first-order valence-electron chi connectivity index (χ1n) is 5.95. The molecule has 0 aliphatic heterocycles. The molecule has 100 valence electrons. The third-order valence-electron chi connectivity index (χ3n) is 2.77. The standard InChI is InChI=1S/C15H15FO3/c1-10(18)12-4-7-15(14(16)8-12)19-13-5-2-11(9-17)3-6-13/h2-8,10,17-18H,9H2,1H3/t10-/m0/s1. The van der Waals surface area contributed by atoms with Gasteiger partial charge in [0, 0.05) is 0 Å². The van der Waals surface area contributed by atoms with E-state index in [1.165, 1.54) is 12.1 Å². The van der Waals surface area contributed by atoms with Crippen LogP contribution in [0.2, 0.25) is 0 Å². The number of benzene rings is 2. The van der Waals surface area contributed by atoms with Crippen molar-refractivity contribution in [2.45, 2.75) is 19.6 Å². The second-order valence-corrected chi connectivity index (χ2v) is 4.27. The van der Waals surface area contributed by atoms with Crippen LogP contribution in [-0.4, -0.2) is 10.2 Å². The van der Waals surface area contributed by atoms with Crippen molar-refractivity contribution in [2.24, 2.45) is 0 Å². The summed E-state index contributed by atoms with van der Waals surface area (Å²) in [6, 6.07) is 11.1. The van der Waals surface area contributed by atoms with Gasteiger partial charge in [0.25, 0.3) is 0 Å². The highest BCUT2D eigenvalue weighted by molar-refractivity contribution is 5.36. The molecular formula is C15H15FO3. The predicted molar refractivity (Wildman–Crippen MR) is 69.5 cm³/mol. The predicted octanol–water partition coefficient (Wildman–Crippen LogP) is 3.16. The van der Waals surface area contributed by atoms with Gasteiger partial charge < -0.3 is 14.9 Å². The number of rotatable bonds is 4. The lowest BCUT2D eigenvalue weighted by atomic mass is 10.1. The lowest BCUT2D eigenvalue weighted by molar-refractivity contribution is 0.198. The van der Waals surface area contributed by atoms with E-state index in [1.807, 2.05) is 0 Å². The van der Waals surface area contributed by atoms with E-state index in [0.717, 1.165) is 5.56 Å². The Bertz CT molecular complexity index is 550. The van der Waals surface area contributed by atoms with Crippen LogP contribution in [-0.2, 0) is 6.61 Å². The summed E-state index contributed by atoms with van der Waals surface area (Å²) in [5, 5.41) is 18.3. The van der Waals surface area contributed by atoms with Gasteiger partial charge in [0.05, 0.1) is 12.7 Å². The van der Waals surface area contributed by atoms with Crippen LogP contribution in [0.4, 0.5) is 4.39 Å². The molecule has 19 heavy (non-hydrogen) atoms. The SMILES string of the molecule is C[C@H](O)c1ccc(Oc2ccc(CO)cc2)c(F)c1. The molecule has 0 spiro atoms. The summed E-state index contributed by atoms with van der Waals surface area (Å²) >= 11 is 0. The Morgan fingerprint density at radius 3 is 2.37 bits per heavy atom. The molecule has 2 N–H and O–H groups in total. The smallest absolute Gasteiger partial charge is 0.166 e. The molecule has 0 radical (unpaired) electrons. The molecule has 2 rings (SSSR count). The van der Waals surface area contributed by atoms with E-state index in [4.69, 9.17) is 9.84 Å². The minimum absolute atomic E-state index is 0.0439. The Labute approximate surface area is 110 Å². The van der Waals surface area contributed by atoms with Crippen molar-refractivity contribution in [2.75, 3.05) is 0 Å². The van der Waals surface area contributed by atoms with Crippen LogP contribution in [0.5, 0.6) is 11.5 Å². The van der Waals surface area contributed by atoms with E-state index >= 15 is 0 Å². The Morgan fingerprint density at radius 2 is 1.84 bits per heavy atom. The van der Waals surface area contributed by atoms with Crippen molar-refractivity contribution in [3.05, 3.63) is 59.4 Å². The summed E-state index contributed by atoms with van der Waals surface area (Å²) in [7, 11) is 0. The van der Waals surface area contributed by atoms with Crippen LogP contribution in [0.15, 0.2) is 42.5 Å². The highest BCUT2D eigenvalue weighted by atomic mass is 19.1.